The van der Waals surface area contributed by atoms with Crippen molar-refractivity contribution in [2.24, 2.45) is 0 Å². The fourth-order valence-electron chi connectivity index (χ4n) is 5.49. The first kappa shape index (κ1) is 33.6. The van der Waals surface area contributed by atoms with E-state index >= 15 is 0 Å². The van der Waals surface area contributed by atoms with E-state index in [2.05, 4.69) is 10.2 Å². The maximum atomic E-state index is 13.9. The largest absolute Gasteiger partial charge is 0.484 e. The lowest BCUT2D eigenvalue weighted by Crippen LogP contribution is -2.52. The molecule has 2 aliphatic heterocycles. The molecule has 0 spiro atoms. The molecule has 2 heterocycles. The van der Waals surface area contributed by atoms with Crippen LogP contribution in [0.15, 0.2) is 89.8 Å². The number of nitrogens with zero attached hydrogens (tertiary/aromatic N) is 3. The second-order valence-electron chi connectivity index (χ2n) is 11.2. The van der Waals surface area contributed by atoms with Crippen molar-refractivity contribution in [1.82, 2.24) is 19.4 Å². The Hall–Kier alpha value is -3.81. The highest BCUT2D eigenvalue weighted by molar-refractivity contribution is 7.89. The molecule has 0 bridgehead atoms. The highest BCUT2D eigenvalue weighted by atomic mass is 32.2. The number of ether oxygens (including phenoxy) is 3. The first-order valence-corrected chi connectivity index (χ1v) is 17.1. The Morgan fingerprint density at radius 3 is 2.02 bits per heavy atom. The number of hydrogen-bond donors (Lipinski definition) is 1. The quantitative estimate of drug-likeness (QED) is 0.282. The van der Waals surface area contributed by atoms with E-state index in [-0.39, 0.29) is 29.9 Å². The lowest BCUT2D eigenvalue weighted by atomic mass is 10.0. The van der Waals surface area contributed by atoms with Gasteiger partial charge in [-0.05, 0) is 35.4 Å². The summed E-state index contributed by atoms with van der Waals surface area (Å²) in [6.45, 7) is 5.36. The van der Waals surface area contributed by atoms with Crippen LogP contribution >= 0.6 is 0 Å². The fraction of sp³-hybridized carbons (Fsp3) is 0.412. The van der Waals surface area contributed by atoms with Crippen LogP contribution in [0.4, 0.5) is 0 Å². The molecule has 2 amide bonds. The standard InChI is InChI=1S/C34H42N4O7S/c39-33(27-45-30-11-13-31(14-12-30)46(41,42)37-19-23-44-24-20-37)38(26-29-9-5-2-6-10-29)32(25-28-7-3-1-4-8-28)34(40)35-15-16-36-17-21-43-22-18-36/h1-14,32H,15-27H2,(H,35,40). The molecule has 246 valence electrons. The number of benzene rings is 3. The first-order valence-electron chi connectivity index (χ1n) is 15.7. The second-order valence-corrected chi connectivity index (χ2v) is 13.2. The number of sulfonamides is 1. The van der Waals surface area contributed by atoms with Crippen LogP contribution < -0.4 is 10.1 Å². The molecule has 5 rings (SSSR count). The number of carbonyl (C=O) groups is 2. The summed E-state index contributed by atoms with van der Waals surface area (Å²) in [5, 5.41) is 3.07. The van der Waals surface area contributed by atoms with Crippen LogP contribution in [-0.4, -0.2) is 113 Å². The predicted octanol–water partition coefficient (Wildman–Crippen LogP) is 2.17. The van der Waals surface area contributed by atoms with E-state index in [1.54, 1.807) is 17.0 Å². The molecule has 0 radical (unpaired) electrons. The van der Waals surface area contributed by atoms with Gasteiger partial charge in [0.25, 0.3) is 5.91 Å². The predicted molar refractivity (Wildman–Crippen MR) is 173 cm³/mol. The fourth-order valence-corrected chi connectivity index (χ4v) is 6.89. The Balaban J connectivity index is 1.30. The number of carbonyl (C=O) groups excluding carboxylic acids is 2. The Labute approximate surface area is 271 Å². The van der Waals surface area contributed by atoms with Crippen LogP contribution in [0.3, 0.4) is 0 Å². The van der Waals surface area contributed by atoms with Crippen molar-refractivity contribution in [2.75, 3.05) is 72.3 Å². The van der Waals surface area contributed by atoms with Crippen molar-refractivity contribution in [3.05, 3.63) is 96.1 Å². The summed E-state index contributed by atoms with van der Waals surface area (Å²) in [6, 6.07) is 24.4. The molecule has 0 saturated carbocycles. The number of amides is 2. The van der Waals surface area contributed by atoms with E-state index in [4.69, 9.17) is 14.2 Å². The number of nitrogens with one attached hydrogen (secondary N) is 1. The van der Waals surface area contributed by atoms with E-state index in [9.17, 15) is 18.0 Å². The summed E-state index contributed by atoms with van der Waals surface area (Å²) >= 11 is 0. The summed E-state index contributed by atoms with van der Waals surface area (Å²) in [5.74, 6) is -0.249. The molecule has 3 aromatic carbocycles. The lowest BCUT2D eigenvalue weighted by Gasteiger charge is -2.32. The van der Waals surface area contributed by atoms with Crippen molar-refractivity contribution in [3.63, 3.8) is 0 Å². The molecule has 2 fully saturated rings. The highest BCUT2D eigenvalue weighted by Gasteiger charge is 2.31. The monoisotopic (exact) mass is 650 g/mol. The van der Waals surface area contributed by atoms with Crippen LogP contribution in [0.1, 0.15) is 11.1 Å². The molecule has 0 aliphatic carbocycles. The van der Waals surface area contributed by atoms with Gasteiger partial charge in [-0.1, -0.05) is 60.7 Å². The Morgan fingerprint density at radius 1 is 0.804 bits per heavy atom. The van der Waals surface area contributed by atoms with Gasteiger partial charge >= 0.3 is 0 Å². The topological polar surface area (TPSA) is 118 Å². The van der Waals surface area contributed by atoms with Gasteiger partial charge in [0.05, 0.1) is 31.3 Å². The van der Waals surface area contributed by atoms with Crippen molar-refractivity contribution < 1.29 is 32.2 Å². The van der Waals surface area contributed by atoms with Gasteiger partial charge in [-0.15, -0.1) is 0 Å². The van der Waals surface area contributed by atoms with Gasteiger partial charge in [-0.2, -0.15) is 4.31 Å². The number of hydrogen-bond acceptors (Lipinski definition) is 8. The molecule has 12 heteroatoms. The van der Waals surface area contributed by atoms with Gasteiger partial charge < -0.3 is 24.4 Å². The minimum absolute atomic E-state index is 0.149. The number of rotatable bonds is 14. The van der Waals surface area contributed by atoms with Crippen molar-refractivity contribution in [3.8, 4) is 5.75 Å². The van der Waals surface area contributed by atoms with E-state index in [1.807, 2.05) is 60.7 Å². The summed E-state index contributed by atoms with van der Waals surface area (Å²) in [6.07, 6.45) is 0.330. The molecule has 11 nitrogen and oxygen atoms in total. The summed E-state index contributed by atoms with van der Waals surface area (Å²) < 4.78 is 44.0. The molecule has 1 atom stereocenters. The average Bonchev–Trinajstić information content (AvgIpc) is 3.10. The summed E-state index contributed by atoms with van der Waals surface area (Å²) in [4.78, 5) is 31.7. The Morgan fingerprint density at radius 2 is 1.39 bits per heavy atom. The normalized spacial score (nSPS) is 16.8. The van der Waals surface area contributed by atoms with Crippen LogP contribution in [0.5, 0.6) is 5.75 Å². The van der Waals surface area contributed by atoms with Crippen LogP contribution in [0, 0.1) is 0 Å². The van der Waals surface area contributed by atoms with Crippen molar-refractivity contribution in [2.45, 2.75) is 23.9 Å². The highest BCUT2D eigenvalue weighted by Crippen LogP contribution is 2.21. The van der Waals surface area contributed by atoms with E-state index < -0.39 is 16.1 Å². The van der Waals surface area contributed by atoms with Crippen LogP contribution in [0.2, 0.25) is 0 Å². The molecule has 46 heavy (non-hydrogen) atoms. The summed E-state index contributed by atoms with van der Waals surface area (Å²) in [7, 11) is -3.65. The zero-order valence-electron chi connectivity index (χ0n) is 26.0. The SMILES string of the molecule is O=C(NCCN1CCOCC1)C(Cc1ccccc1)N(Cc1ccccc1)C(=O)COc1ccc(S(=O)(=O)N2CCOCC2)cc1. The van der Waals surface area contributed by atoms with Crippen LogP contribution in [-0.2, 0) is 42.1 Å². The van der Waals surface area contributed by atoms with Gasteiger partial charge in [0, 0.05) is 52.2 Å². The minimum Gasteiger partial charge on any atom is -0.484 e. The van der Waals surface area contributed by atoms with Gasteiger partial charge in [-0.3, -0.25) is 14.5 Å². The Kier molecular flexibility index (Phi) is 12.2. The van der Waals surface area contributed by atoms with Crippen molar-refractivity contribution in [1.29, 1.82) is 0 Å². The third-order valence-electron chi connectivity index (χ3n) is 8.09. The third-order valence-corrected chi connectivity index (χ3v) is 10.0. The molecule has 1 unspecified atom stereocenters. The molecule has 3 aromatic rings. The van der Waals surface area contributed by atoms with E-state index in [0.717, 1.165) is 24.2 Å². The maximum Gasteiger partial charge on any atom is 0.261 e. The van der Waals surface area contributed by atoms with Gasteiger partial charge in [0.15, 0.2) is 6.61 Å². The molecule has 1 N–H and O–H groups in total. The van der Waals surface area contributed by atoms with Gasteiger partial charge in [0.2, 0.25) is 15.9 Å². The second kappa shape index (κ2) is 16.7. The maximum absolute atomic E-state index is 13.9. The zero-order chi connectivity index (χ0) is 32.2. The third kappa shape index (κ3) is 9.36. The van der Waals surface area contributed by atoms with Gasteiger partial charge in [0.1, 0.15) is 11.8 Å². The lowest BCUT2D eigenvalue weighted by molar-refractivity contribution is -0.142. The van der Waals surface area contributed by atoms with Crippen LogP contribution in [0.25, 0.3) is 0 Å². The van der Waals surface area contributed by atoms with Crippen molar-refractivity contribution >= 4 is 21.8 Å². The Bertz CT molecular complexity index is 1500. The van der Waals surface area contributed by atoms with Gasteiger partial charge in [-0.25, -0.2) is 8.42 Å². The molecule has 2 saturated heterocycles. The molecular weight excluding hydrogens is 608 g/mol. The smallest absolute Gasteiger partial charge is 0.261 e. The minimum atomic E-state index is -3.65. The van der Waals surface area contributed by atoms with E-state index in [0.29, 0.717) is 64.8 Å². The first-order chi connectivity index (χ1) is 22.4. The molecule has 2 aliphatic rings. The zero-order valence-corrected chi connectivity index (χ0v) is 26.8. The molecule has 0 aromatic heterocycles. The average molecular weight is 651 g/mol. The summed E-state index contributed by atoms with van der Waals surface area (Å²) in [5.41, 5.74) is 1.81. The molecular formula is C34H42N4O7S. The van der Waals surface area contributed by atoms with E-state index in [1.165, 1.54) is 16.4 Å². The number of morpholine rings is 2.